The lowest BCUT2D eigenvalue weighted by Crippen LogP contribution is -2.46. The van der Waals surface area contributed by atoms with Gasteiger partial charge in [-0.05, 0) is 19.8 Å². The summed E-state index contributed by atoms with van der Waals surface area (Å²) in [6, 6.07) is -0.190. The summed E-state index contributed by atoms with van der Waals surface area (Å²) in [6.45, 7) is 7.89. The lowest BCUT2D eigenvalue weighted by molar-refractivity contribution is -0.123. The van der Waals surface area contributed by atoms with Crippen LogP contribution in [-0.4, -0.2) is 18.0 Å². The second kappa shape index (κ2) is 5.14. The molecule has 1 amide bonds. The van der Waals surface area contributed by atoms with Crippen molar-refractivity contribution in [3.63, 3.8) is 0 Å². The fraction of sp³-hybridized carbons (Fsp3) is 0.889. The van der Waals surface area contributed by atoms with E-state index < -0.39 is 0 Å². The van der Waals surface area contributed by atoms with Gasteiger partial charge in [0.05, 0.1) is 6.04 Å². The zero-order valence-electron chi connectivity index (χ0n) is 8.42. The van der Waals surface area contributed by atoms with Crippen LogP contribution in [0.15, 0.2) is 0 Å². The van der Waals surface area contributed by atoms with Crippen molar-refractivity contribution in [2.45, 2.75) is 46.2 Å². The van der Waals surface area contributed by atoms with E-state index in [2.05, 4.69) is 5.32 Å². The predicted molar refractivity (Wildman–Crippen MR) is 50.7 cm³/mol. The first kappa shape index (κ1) is 11.4. The van der Waals surface area contributed by atoms with Crippen LogP contribution in [0.3, 0.4) is 0 Å². The van der Waals surface area contributed by atoms with E-state index >= 15 is 0 Å². The van der Waals surface area contributed by atoms with Crippen LogP contribution in [0, 0.1) is 5.92 Å². The summed E-state index contributed by atoms with van der Waals surface area (Å²) < 4.78 is 0. The molecule has 0 aromatic carbocycles. The van der Waals surface area contributed by atoms with Crippen molar-refractivity contribution in [2.75, 3.05) is 0 Å². The van der Waals surface area contributed by atoms with Crippen molar-refractivity contribution in [3.05, 3.63) is 0 Å². The molecule has 72 valence electrons. The highest BCUT2D eigenvalue weighted by Gasteiger charge is 2.19. The Morgan fingerprint density at radius 1 is 1.42 bits per heavy atom. The van der Waals surface area contributed by atoms with Crippen molar-refractivity contribution < 1.29 is 4.79 Å². The van der Waals surface area contributed by atoms with Gasteiger partial charge in [0.15, 0.2) is 0 Å². The minimum absolute atomic E-state index is 0.0423. The number of carbonyl (C=O) groups is 1. The van der Waals surface area contributed by atoms with Gasteiger partial charge in [0.2, 0.25) is 5.91 Å². The quantitative estimate of drug-likeness (QED) is 0.661. The van der Waals surface area contributed by atoms with Crippen LogP contribution in [-0.2, 0) is 4.79 Å². The van der Waals surface area contributed by atoms with Crippen molar-refractivity contribution in [1.29, 1.82) is 0 Å². The maximum absolute atomic E-state index is 11.3. The molecular formula is C9H20N2O. The highest BCUT2D eigenvalue weighted by molar-refractivity contribution is 5.81. The number of carbonyl (C=O) groups excluding carboxylic acids is 1. The highest BCUT2D eigenvalue weighted by Crippen LogP contribution is 2.05. The smallest absolute Gasteiger partial charge is 0.237 e. The van der Waals surface area contributed by atoms with Crippen LogP contribution in [0.5, 0.6) is 0 Å². The van der Waals surface area contributed by atoms with E-state index in [1.54, 1.807) is 0 Å². The number of hydrogen-bond donors (Lipinski definition) is 2. The van der Waals surface area contributed by atoms with E-state index in [0.717, 1.165) is 6.42 Å². The maximum atomic E-state index is 11.3. The first-order valence-electron chi connectivity index (χ1n) is 4.55. The number of hydrogen-bond acceptors (Lipinski definition) is 2. The first-order chi connectivity index (χ1) is 5.49. The van der Waals surface area contributed by atoms with Crippen molar-refractivity contribution in [3.8, 4) is 0 Å². The summed E-state index contributed by atoms with van der Waals surface area (Å²) >= 11 is 0. The topological polar surface area (TPSA) is 55.1 Å². The van der Waals surface area contributed by atoms with Crippen LogP contribution in [0.2, 0.25) is 0 Å². The Kier molecular flexibility index (Phi) is 4.90. The average molecular weight is 172 g/mol. The molecule has 0 fully saturated rings. The van der Waals surface area contributed by atoms with Gasteiger partial charge in [0, 0.05) is 6.04 Å². The molecule has 0 aromatic rings. The molecule has 0 heterocycles. The summed E-state index contributed by atoms with van der Waals surface area (Å²) in [6.07, 6.45) is 0.937. The largest absolute Gasteiger partial charge is 0.353 e. The highest BCUT2D eigenvalue weighted by atomic mass is 16.2. The molecule has 12 heavy (non-hydrogen) atoms. The molecule has 0 saturated heterocycles. The Morgan fingerprint density at radius 2 is 1.92 bits per heavy atom. The molecule has 3 heteroatoms. The molecule has 0 spiro atoms. The molecule has 2 unspecified atom stereocenters. The Labute approximate surface area is 74.7 Å². The number of rotatable bonds is 4. The molecule has 3 N–H and O–H groups in total. The standard InChI is InChI=1S/C9H20N2O/c1-5-7(4)8(10)9(12)11-6(2)3/h6-8H,5,10H2,1-4H3,(H,11,12). The fourth-order valence-electron chi connectivity index (χ4n) is 0.893. The van der Waals surface area contributed by atoms with Gasteiger partial charge in [0.1, 0.15) is 0 Å². The van der Waals surface area contributed by atoms with Crippen molar-refractivity contribution in [2.24, 2.45) is 11.7 Å². The van der Waals surface area contributed by atoms with E-state index in [1.165, 1.54) is 0 Å². The van der Waals surface area contributed by atoms with Crippen LogP contribution in [0.25, 0.3) is 0 Å². The molecule has 0 aliphatic carbocycles. The Balaban J connectivity index is 3.92. The Hall–Kier alpha value is -0.570. The van der Waals surface area contributed by atoms with Gasteiger partial charge in [-0.3, -0.25) is 4.79 Å². The summed E-state index contributed by atoms with van der Waals surface area (Å²) in [5, 5.41) is 2.79. The molecule has 0 rings (SSSR count). The van der Waals surface area contributed by atoms with Gasteiger partial charge in [-0.15, -0.1) is 0 Å². The average Bonchev–Trinajstić information content (AvgIpc) is 2.00. The van der Waals surface area contributed by atoms with E-state index in [4.69, 9.17) is 5.73 Å². The van der Waals surface area contributed by atoms with E-state index in [9.17, 15) is 4.79 Å². The summed E-state index contributed by atoms with van der Waals surface area (Å²) in [5.41, 5.74) is 5.71. The van der Waals surface area contributed by atoms with Gasteiger partial charge in [-0.2, -0.15) is 0 Å². The summed E-state index contributed by atoms with van der Waals surface area (Å²) in [4.78, 5) is 11.3. The Bertz CT molecular complexity index is 145. The van der Waals surface area contributed by atoms with Crippen LogP contribution in [0.1, 0.15) is 34.1 Å². The molecule has 0 aliphatic rings. The van der Waals surface area contributed by atoms with E-state index in [-0.39, 0.29) is 23.9 Å². The molecule has 0 bridgehead atoms. The Morgan fingerprint density at radius 3 is 2.25 bits per heavy atom. The van der Waals surface area contributed by atoms with Crippen LogP contribution < -0.4 is 11.1 Å². The first-order valence-corrected chi connectivity index (χ1v) is 4.55. The zero-order chi connectivity index (χ0) is 9.72. The van der Waals surface area contributed by atoms with Gasteiger partial charge >= 0.3 is 0 Å². The molecule has 0 radical (unpaired) electrons. The molecule has 0 saturated carbocycles. The lowest BCUT2D eigenvalue weighted by atomic mass is 9.99. The number of nitrogens with two attached hydrogens (primary N) is 1. The summed E-state index contributed by atoms with van der Waals surface area (Å²) in [7, 11) is 0. The second-order valence-corrected chi connectivity index (χ2v) is 3.57. The SMILES string of the molecule is CCC(C)C(N)C(=O)NC(C)C. The lowest BCUT2D eigenvalue weighted by Gasteiger charge is -2.19. The molecular weight excluding hydrogens is 152 g/mol. The van der Waals surface area contributed by atoms with Crippen LogP contribution >= 0.6 is 0 Å². The molecule has 0 aliphatic heterocycles. The predicted octanol–water partition coefficient (Wildman–Crippen LogP) is 0.884. The van der Waals surface area contributed by atoms with Crippen molar-refractivity contribution in [1.82, 2.24) is 5.32 Å². The normalized spacial score (nSPS) is 15.8. The number of nitrogens with one attached hydrogen (secondary N) is 1. The molecule has 3 nitrogen and oxygen atoms in total. The monoisotopic (exact) mass is 172 g/mol. The fourth-order valence-corrected chi connectivity index (χ4v) is 0.893. The minimum atomic E-state index is -0.364. The maximum Gasteiger partial charge on any atom is 0.237 e. The third-order valence-corrected chi connectivity index (χ3v) is 1.99. The third-order valence-electron chi connectivity index (χ3n) is 1.99. The van der Waals surface area contributed by atoms with Crippen molar-refractivity contribution >= 4 is 5.91 Å². The molecule has 0 aromatic heterocycles. The van der Waals surface area contributed by atoms with Crippen LogP contribution in [0.4, 0.5) is 0 Å². The number of amides is 1. The van der Waals surface area contributed by atoms with Gasteiger partial charge in [0.25, 0.3) is 0 Å². The van der Waals surface area contributed by atoms with Gasteiger partial charge in [-0.25, -0.2) is 0 Å². The van der Waals surface area contributed by atoms with E-state index in [0.29, 0.717) is 0 Å². The van der Waals surface area contributed by atoms with E-state index in [1.807, 2.05) is 27.7 Å². The minimum Gasteiger partial charge on any atom is -0.353 e. The zero-order valence-corrected chi connectivity index (χ0v) is 8.42. The van der Waals surface area contributed by atoms with Gasteiger partial charge in [-0.1, -0.05) is 20.3 Å². The molecule has 2 atom stereocenters. The summed E-state index contributed by atoms with van der Waals surface area (Å²) in [5.74, 6) is 0.211. The van der Waals surface area contributed by atoms with Gasteiger partial charge < -0.3 is 11.1 Å². The third kappa shape index (κ3) is 3.72. The second-order valence-electron chi connectivity index (χ2n) is 3.57.